The number of methoxy groups -OCH3 is 1. The van der Waals surface area contributed by atoms with Crippen LogP contribution in [-0.4, -0.2) is 62.3 Å². The number of hydrogen-bond donors (Lipinski definition) is 1. The molecule has 2 heterocycles. The first kappa shape index (κ1) is 17.2. The summed E-state index contributed by atoms with van der Waals surface area (Å²) in [6, 6.07) is 4.47. The zero-order chi connectivity index (χ0) is 15.9. The minimum Gasteiger partial charge on any atom is -0.383 e. The number of carbonyl (C=O) groups is 1. The molecule has 22 heavy (non-hydrogen) atoms. The third-order valence-electron chi connectivity index (χ3n) is 3.95. The van der Waals surface area contributed by atoms with Crippen LogP contribution in [0.3, 0.4) is 0 Å². The van der Waals surface area contributed by atoms with Gasteiger partial charge in [0.15, 0.2) is 0 Å². The highest BCUT2D eigenvalue weighted by Gasteiger charge is 2.22. The fourth-order valence-electron chi connectivity index (χ4n) is 2.76. The summed E-state index contributed by atoms with van der Waals surface area (Å²) in [6.07, 6.45) is 2.20. The summed E-state index contributed by atoms with van der Waals surface area (Å²) in [5, 5.41) is 3.18. The molecule has 1 aromatic heterocycles. The Labute approximate surface area is 137 Å². The number of carbonyl (C=O) groups excluding carboxylic acids is 1. The lowest BCUT2D eigenvalue weighted by atomic mass is 10.1. The lowest BCUT2D eigenvalue weighted by Crippen LogP contribution is -2.51. The predicted molar refractivity (Wildman–Crippen MR) is 90.4 cm³/mol. The number of thiophene rings is 1. The Balaban J connectivity index is 1.92. The van der Waals surface area contributed by atoms with Gasteiger partial charge in [0.25, 0.3) is 0 Å². The molecule has 5 nitrogen and oxygen atoms in total. The maximum atomic E-state index is 12.6. The number of urea groups is 1. The van der Waals surface area contributed by atoms with Crippen LogP contribution in [0.2, 0.25) is 0 Å². The van der Waals surface area contributed by atoms with Crippen LogP contribution >= 0.6 is 11.3 Å². The van der Waals surface area contributed by atoms with Crippen LogP contribution in [0.15, 0.2) is 12.1 Å². The molecule has 1 N–H and O–H groups in total. The minimum atomic E-state index is 0.0170. The Bertz CT molecular complexity index is 478. The molecule has 0 spiro atoms. The van der Waals surface area contributed by atoms with E-state index in [-0.39, 0.29) is 12.1 Å². The van der Waals surface area contributed by atoms with Gasteiger partial charge in [-0.15, -0.1) is 11.3 Å². The second-order valence-electron chi connectivity index (χ2n) is 5.98. The molecule has 2 amide bonds. The smallest absolute Gasteiger partial charge is 0.318 e. The van der Waals surface area contributed by atoms with Crippen molar-refractivity contribution in [3.05, 3.63) is 21.9 Å². The highest BCUT2D eigenvalue weighted by atomic mass is 32.1. The van der Waals surface area contributed by atoms with E-state index in [2.05, 4.69) is 36.3 Å². The van der Waals surface area contributed by atoms with Crippen molar-refractivity contribution in [2.24, 2.45) is 0 Å². The van der Waals surface area contributed by atoms with Crippen LogP contribution in [0.5, 0.6) is 0 Å². The number of nitrogens with zero attached hydrogens (tertiary/aromatic N) is 2. The quantitative estimate of drug-likeness (QED) is 0.873. The summed E-state index contributed by atoms with van der Waals surface area (Å²) in [7, 11) is 3.77. The third kappa shape index (κ3) is 5.26. The SMILES string of the molecule is COCCN(Cc1ccc(C)s1)C(=O)N[C@H]1CCCN(C)C1. The van der Waals surface area contributed by atoms with E-state index in [1.54, 1.807) is 18.4 Å². The van der Waals surface area contributed by atoms with E-state index in [0.717, 1.165) is 25.9 Å². The number of piperidine rings is 1. The molecule has 0 aromatic carbocycles. The van der Waals surface area contributed by atoms with E-state index in [9.17, 15) is 4.79 Å². The Hall–Kier alpha value is -1.11. The first-order valence-electron chi connectivity index (χ1n) is 7.86. The minimum absolute atomic E-state index is 0.0170. The van der Waals surface area contributed by atoms with Crippen molar-refractivity contribution in [1.29, 1.82) is 0 Å². The Morgan fingerprint density at radius 1 is 1.55 bits per heavy atom. The summed E-state index contributed by atoms with van der Waals surface area (Å²) >= 11 is 1.74. The van der Waals surface area contributed by atoms with Crippen molar-refractivity contribution in [1.82, 2.24) is 15.1 Å². The van der Waals surface area contributed by atoms with E-state index in [1.165, 1.54) is 9.75 Å². The van der Waals surface area contributed by atoms with Gasteiger partial charge in [-0.3, -0.25) is 0 Å². The molecule has 1 fully saturated rings. The van der Waals surface area contributed by atoms with Crippen molar-refractivity contribution >= 4 is 17.4 Å². The lowest BCUT2D eigenvalue weighted by molar-refractivity contribution is 0.140. The zero-order valence-electron chi connectivity index (χ0n) is 13.8. The molecule has 0 unspecified atom stereocenters. The third-order valence-corrected chi connectivity index (χ3v) is 4.93. The molecule has 1 aliphatic rings. The van der Waals surface area contributed by atoms with Gasteiger partial charge < -0.3 is 19.9 Å². The van der Waals surface area contributed by atoms with Crippen LogP contribution in [0.4, 0.5) is 4.79 Å². The molecular weight excluding hydrogens is 298 g/mol. The van der Waals surface area contributed by atoms with Gasteiger partial charge in [0.1, 0.15) is 0 Å². The number of aryl methyl sites for hydroxylation is 1. The molecule has 0 radical (unpaired) electrons. The molecule has 1 aliphatic heterocycles. The largest absolute Gasteiger partial charge is 0.383 e. The molecule has 2 rings (SSSR count). The summed E-state index contributed by atoms with van der Waals surface area (Å²) in [4.78, 5) is 19.2. The number of amides is 2. The van der Waals surface area contributed by atoms with Crippen molar-refractivity contribution in [2.75, 3.05) is 40.4 Å². The first-order chi connectivity index (χ1) is 10.6. The molecule has 1 atom stereocenters. The average Bonchev–Trinajstić information content (AvgIpc) is 2.88. The predicted octanol–water partition coefficient (Wildman–Crippen LogP) is 2.31. The van der Waals surface area contributed by atoms with Crippen molar-refractivity contribution in [3.63, 3.8) is 0 Å². The molecule has 124 valence electrons. The average molecular weight is 325 g/mol. The van der Waals surface area contributed by atoms with Crippen LogP contribution in [0.25, 0.3) is 0 Å². The van der Waals surface area contributed by atoms with Crippen molar-refractivity contribution in [3.8, 4) is 0 Å². The van der Waals surface area contributed by atoms with Crippen LogP contribution in [0.1, 0.15) is 22.6 Å². The molecule has 0 bridgehead atoms. The van der Waals surface area contributed by atoms with Crippen molar-refractivity contribution < 1.29 is 9.53 Å². The number of ether oxygens (including phenoxy) is 1. The Morgan fingerprint density at radius 2 is 2.36 bits per heavy atom. The van der Waals surface area contributed by atoms with E-state index in [0.29, 0.717) is 19.7 Å². The van der Waals surface area contributed by atoms with Crippen LogP contribution in [-0.2, 0) is 11.3 Å². The second-order valence-corrected chi connectivity index (χ2v) is 7.35. The van der Waals surface area contributed by atoms with Gasteiger partial charge in [0, 0.05) is 36.0 Å². The number of nitrogens with one attached hydrogen (secondary N) is 1. The van der Waals surface area contributed by atoms with Gasteiger partial charge in [0.2, 0.25) is 0 Å². The maximum absolute atomic E-state index is 12.6. The number of likely N-dealkylation sites (tertiary alicyclic amines) is 1. The maximum Gasteiger partial charge on any atom is 0.318 e. The monoisotopic (exact) mass is 325 g/mol. The highest BCUT2D eigenvalue weighted by Crippen LogP contribution is 2.17. The van der Waals surface area contributed by atoms with E-state index in [4.69, 9.17) is 4.74 Å². The summed E-state index contributed by atoms with van der Waals surface area (Å²) in [5.41, 5.74) is 0. The molecule has 0 aliphatic carbocycles. The molecular formula is C16H27N3O2S. The number of rotatable bonds is 6. The second kappa shape index (κ2) is 8.50. The van der Waals surface area contributed by atoms with E-state index in [1.807, 2.05) is 4.90 Å². The normalized spacial score (nSPS) is 19.1. The van der Waals surface area contributed by atoms with Gasteiger partial charge in [-0.25, -0.2) is 4.79 Å². The molecule has 0 saturated carbocycles. The van der Waals surface area contributed by atoms with E-state index >= 15 is 0 Å². The molecule has 1 saturated heterocycles. The summed E-state index contributed by atoms with van der Waals surface area (Å²) in [5.74, 6) is 0. The summed E-state index contributed by atoms with van der Waals surface area (Å²) < 4.78 is 5.15. The van der Waals surface area contributed by atoms with Gasteiger partial charge in [-0.05, 0) is 45.5 Å². The summed E-state index contributed by atoms with van der Waals surface area (Å²) in [6.45, 7) is 5.96. The van der Waals surface area contributed by atoms with Crippen LogP contribution < -0.4 is 5.32 Å². The Morgan fingerprint density at radius 3 is 3.00 bits per heavy atom. The molecule has 6 heteroatoms. The Kier molecular flexibility index (Phi) is 6.67. The highest BCUT2D eigenvalue weighted by molar-refractivity contribution is 7.11. The fraction of sp³-hybridized carbons (Fsp3) is 0.688. The van der Waals surface area contributed by atoms with Gasteiger partial charge in [-0.1, -0.05) is 0 Å². The van der Waals surface area contributed by atoms with Gasteiger partial charge >= 0.3 is 6.03 Å². The van der Waals surface area contributed by atoms with Crippen LogP contribution in [0, 0.1) is 6.92 Å². The topological polar surface area (TPSA) is 44.8 Å². The fourth-order valence-corrected chi connectivity index (χ4v) is 3.67. The van der Waals surface area contributed by atoms with Gasteiger partial charge in [0.05, 0.1) is 13.2 Å². The number of hydrogen-bond acceptors (Lipinski definition) is 4. The zero-order valence-corrected chi connectivity index (χ0v) is 14.6. The van der Waals surface area contributed by atoms with E-state index < -0.39 is 0 Å². The van der Waals surface area contributed by atoms with Gasteiger partial charge in [-0.2, -0.15) is 0 Å². The number of likely N-dealkylation sites (N-methyl/N-ethyl adjacent to an activating group) is 1. The standard InChI is InChI=1S/C16H27N3O2S/c1-13-6-7-15(22-13)12-19(9-10-21-3)16(20)17-14-5-4-8-18(2)11-14/h6-7,14H,4-5,8-12H2,1-3H3,(H,17,20)/t14-/m0/s1. The first-order valence-corrected chi connectivity index (χ1v) is 8.68. The van der Waals surface area contributed by atoms with Crippen molar-refractivity contribution in [2.45, 2.75) is 32.4 Å². The lowest BCUT2D eigenvalue weighted by Gasteiger charge is -2.32. The molecule has 1 aromatic rings.